The largest absolute Gasteiger partial charge is 0.369 e. The summed E-state index contributed by atoms with van der Waals surface area (Å²) in [6, 6.07) is 10.1. The zero-order valence-electron chi connectivity index (χ0n) is 17.5. The van der Waals surface area contributed by atoms with E-state index in [0.717, 1.165) is 31.1 Å². The van der Waals surface area contributed by atoms with Gasteiger partial charge in [0.1, 0.15) is 5.82 Å². The molecule has 8 nitrogen and oxygen atoms in total. The van der Waals surface area contributed by atoms with Crippen LogP contribution in [0.25, 0.3) is 0 Å². The number of piperidine rings is 1. The number of likely N-dealkylation sites (tertiary alicyclic amines) is 1. The molecular formula is C22H25FN4O4S. The lowest BCUT2D eigenvalue weighted by molar-refractivity contribution is -0.384. The first-order valence-corrected chi connectivity index (χ1v) is 11.2. The fraction of sp³-hybridized carbons (Fsp3) is 0.364. The van der Waals surface area contributed by atoms with Crippen molar-refractivity contribution in [3.05, 3.63) is 64.0 Å². The Morgan fingerprint density at radius 2 is 2.03 bits per heavy atom. The maximum absolute atomic E-state index is 14.1. The van der Waals surface area contributed by atoms with Gasteiger partial charge in [-0.05, 0) is 50.6 Å². The highest BCUT2D eigenvalue weighted by atomic mass is 32.2. The van der Waals surface area contributed by atoms with E-state index in [1.165, 1.54) is 24.3 Å². The predicted octanol–water partition coefficient (Wildman–Crippen LogP) is 3.20. The topological polar surface area (TPSA) is 119 Å². The number of nitro groups is 1. The van der Waals surface area contributed by atoms with Crippen LogP contribution < -0.4 is 11.1 Å². The van der Waals surface area contributed by atoms with Gasteiger partial charge in [-0.15, -0.1) is 0 Å². The fourth-order valence-electron chi connectivity index (χ4n) is 3.63. The summed E-state index contributed by atoms with van der Waals surface area (Å²) in [7, 11) is 0. The molecule has 1 aliphatic rings. The van der Waals surface area contributed by atoms with E-state index in [2.05, 4.69) is 10.2 Å². The highest BCUT2D eigenvalue weighted by molar-refractivity contribution is 7.99. The number of carbonyl (C=O) groups excluding carboxylic acids is 2. The second-order valence-corrected chi connectivity index (χ2v) is 8.71. The lowest BCUT2D eigenvalue weighted by Gasteiger charge is -2.31. The van der Waals surface area contributed by atoms with Crippen molar-refractivity contribution >= 4 is 29.3 Å². The number of halogens is 1. The van der Waals surface area contributed by atoms with Crippen LogP contribution in [0, 0.1) is 21.8 Å². The highest BCUT2D eigenvalue weighted by Crippen LogP contribution is 2.34. The number of nitrogens with two attached hydrogens (primary N) is 1. The number of hydrogen-bond donors (Lipinski definition) is 2. The van der Waals surface area contributed by atoms with Gasteiger partial charge in [-0.3, -0.25) is 19.7 Å². The minimum atomic E-state index is -0.570. The molecule has 1 saturated heterocycles. The maximum atomic E-state index is 14.1. The van der Waals surface area contributed by atoms with E-state index in [1.54, 1.807) is 18.2 Å². The normalized spacial score (nSPS) is 16.5. The molecule has 2 aromatic carbocycles. The van der Waals surface area contributed by atoms with Gasteiger partial charge >= 0.3 is 0 Å². The molecule has 170 valence electrons. The molecule has 1 aliphatic heterocycles. The van der Waals surface area contributed by atoms with Crippen LogP contribution in [0.4, 0.5) is 10.1 Å². The van der Waals surface area contributed by atoms with Crippen LogP contribution >= 0.6 is 11.8 Å². The summed E-state index contributed by atoms with van der Waals surface area (Å²) in [6.45, 7) is 2.57. The van der Waals surface area contributed by atoms with E-state index in [4.69, 9.17) is 5.73 Å². The van der Waals surface area contributed by atoms with Crippen LogP contribution in [0.1, 0.15) is 29.6 Å². The molecule has 0 radical (unpaired) electrons. The lowest BCUT2D eigenvalue weighted by Crippen LogP contribution is -2.42. The summed E-state index contributed by atoms with van der Waals surface area (Å²) in [4.78, 5) is 37.7. The Kier molecular flexibility index (Phi) is 8.18. The summed E-state index contributed by atoms with van der Waals surface area (Å²) < 4.78 is 14.1. The number of amides is 2. The first-order chi connectivity index (χ1) is 15.3. The van der Waals surface area contributed by atoms with Gasteiger partial charge in [-0.2, -0.15) is 0 Å². The third-order valence-corrected chi connectivity index (χ3v) is 6.45. The monoisotopic (exact) mass is 460 g/mol. The minimum absolute atomic E-state index is 0.124. The third kappa shape index (κ3) is 6.27. The number of nitrogens with one attached hydrogen (secondary N) is 1. The van der Waals surface area contributed by atoms with Crippen LogP contribution in [0.2, 0.25) is 0 Å². The molecule has 1 fully saturated rings. The fourth-order valence-corrected chi connectivity index (χ4v) is 4.58. The highest BCUT2D eigenvalue weighted by Gasteiger charge is 2.23. The van der Waals surface area contributed by atoms with Crippen molar-refractivity contribution in [1.82, 2.24) is 10.2 Å². The number of hydrogen-bond acceptors (Lipinski definition) is 6. The Labute approximate surface area is 189 Å². The van der Waals surface area contributed by atoms with Crippen molar-refractivity contribution in [2.75, 3.05) is 26.2 Å². The molecule has 0 saturated carbocycles. The van der Waals surface area contributed by atoms with E-state index in [1.807, 2.05) is 0 Å². The molecule has 0 spiro atoms. The Bertz CT molecular complexity index is 1000. The van der Waals surface area contributed by atoms with E-state index in [-0.39, 0.29) is 23.1 Å². The van der Waals surface area contributed by atoms with E-state index in [0.29, 0.717) is 35.8 Å². The minimum Gasteiger partial charge on any atom is -0.369 e. The van der Waals surface area contributed by atoms with Gasteiger partial charge in [0, 0.05) is 35.0 Å². The molecule has 0 bridgehead atoms. The number of non-ortho nitro benzene ring substituents is 1. The third-order valence-electron chi connectivity index (χ3n) is 5.32. The number of carbonyl (C=O) groups is 2. The number of benzene rings is 2. The Balaban J connectivity index is 1.63. The average molecular weight is 461 g/mol. The van der Waals surface area contributed by atoms with Crippen LogP contribution in [-0.4, -0.2) is 47.8 Å². The first kappa shape index (κ1) is 23.7. The van der Waals surface area contributed by atoms with Gasteiger partial charge in [0.2, 0.25) is 5.91 Å². The van der Waals surface area contributed by atoms with Gasteiger partial charge in [0.15, 0.2) is 0 Å². The second-order valence-electron chi connectivity index (χ2n) is 7.62. The SMILES string of the molecule is NC(=O)C1CCCN(CCCNC(=O)c2cc([N+](=O)[O-])ccc2Sc2ccccc2F)C1. The van der Waals surface area contributed by atoms with E-state index < -0.39 is 16.6 Å². The first-order valence-electron chi connectivity index (χ1n) is 10.4. The number of nitro benzene ring substituents is 1. The van der Waals surface area contributed by atoms with Gasteiger partial charge in [0.25, 0.3) is 11.6 Å². The molecule has 2 amide bonds. The zero-order valence-corrected chi connectivity index (χ0v) is 18.3. The molecule has 3 N–H and O–H groups in total. The molecule has 32 heavy (non-hydrogen) atoms. The van der Waals surface area contributed by atoms with Crippen molar-refractivity contribution in [3.63, 3.8) is 0 Å². The molecule has 10 heteroatoms. The van der Waals surface area contributed by atoms with Crippen LogP contribution in [0.5, 0.6) is 0 Å². The standard InChI is InChI=1S/C22H25FN4O4S/c23-18-6-1-2-7-20(18)32-19-9-8-16(27(30)31)13-17(19)22(29)25-10-4-12-26-11-3-5-15(14-26)21(24)28/h1-2,6-9,13,15H,3-5,10-12,14H2,(H2,24,28)(H,25,29). The quantitative estimate of drug-likeness (QED) is 0.337. The van der Waals surface area contributed by atoms with Crippen molar-refractivity contribution in [2.45, 2.75) is 29.1 Å². The molecular weight excluding hydrogens is 435 g/mol. The van der Waals surface area contributed by atoms with Crippen molar-refractivity contribution in [2.24, 2.45) is 11.7 Å². The van der Waals surface area contributed by atoms with Gasteiger partial charge < -0.3 is 16.0 Å². The molecule has 2 aromatic rings. The molecule has 1 heterocycles. The van der Waals surface area contributed by atoms with E-state index >= 15 is 0 Å². The van der Waals surface area contributed by atoms with Crippen molar-refractivity contribution in [3.8, 4) is 0 Å². The molecule has 1 atom stereocenters. The predicted molar refractivity (Wildman–Crippen MR) is 119 cm³/mol. The summed E-state index contributed by atoms with van der Waals surface area (Å²) in [5.41, 5.74) is 5.32. The molecule has 1 unspecified atom stereocenters. The lowest BCUT2D eigenvalue weighted by atomic mass is 9.97. The molecule has 3 rings (SSSR count). The van der Waals surface area contributed by atoms with Gasteiger partial charge in [-0.25, -0.2) is 4.39 Å². The van der Waals surface area contributed by atoms with E-state index in [9.17, 15) is 24.1 Å². The number of nitrogens with zero attached hydrogens (tertiary/aromatic N) is 2. The number of rotatable bonds is 9. The number of primary amides is 1. The van der Waals surface area contributed by atoms with Crippen LogP contribution in [0.15, 0.2) is 52.3 Å². The van der Waals surface area contributed by atoms with Crippen LogP contribution in [0.3, 0.4) is 0 Å². The maximum Gasteiger partial charge on any atom is 0.270 e. The van der Waals surface area contributed by atoms with Gasteiger partial charge in [0.05, 0.1) is 16.4 Å². The van der Waals surface area contributed by atoms with Crippen molar-refractivity contribution < 1.29 is 18.9 Å². The zero-order chi connectivity index (χ0) is 23.1. The summed E-state index contributed by atoms with van der Waals surface area (Å²) in [6.07, 6.45) is 2.37. The average Bonchev–Trinajstić information content (AvgIpc) is 2.78. The summed E-state index contributed by atoms with van der Waals surface area (Å²) in [5.74, 6) is -1.31. The molecule has 0 aliphatic carbocycles. The Morgan fingerprint density at radius 1 is 1.25 bits per heavy atom. The van der Waals surface area contributed by atoms with Gasteiger partial charge in [-0.1, -0.05) is 23.9 Å². The summed E-state index contributed by atoms with van der Waals surface area (Å²) >= 11 is 1.04. The van der Waals surface area contributed by atoms with Crippen LogP contribution in [-0.2, 0) is 4.79 Å². The Hall–Kier alpha value is -2.98. The van der Waals surface area contributed by atoms with Crippen molar-refractivity contribution in [1.29, 1.82) is 0 Å². The Morgan fingerprint density at radius 3 is 2.75 bits per heavy atom. The smallest absolute Gasteiger partial charge is 0.270 e. The summed E-state index contributed by atoms with van der Waals surface area (Å²) in [5, 5.41) is 14.0. The second kappa shape index (κ2) is 11.1. The molecule has 0 aromatic heterocycles.